The smallest absolute Gasteiger partial charge is 0.408 e. The van der Waals surface area contributed by atoms with Crippen molar-refractivity contribution in [1.29, 1.82) is 0 Å². The molecule has 0 aliphatic carbocycles. The minimum absolute atomic E-state index is 0.185. The molecule has 0 saturated carbocycles. The molecule has 10 heteroatoms. The van der Waals surface area contributed by atoms with E-state index in [2.05, 4.69) is 5.32 Å². The van der Waals surface area contributed by atoms with Crippen molar-refractivity contribution in [3.63, 3.8) is 0 Å². The number of rotatable bonds is 6. The molecule has 1 unspecified atom stereocenters. The molecule has 0 bridgehead atoms. The molecule has 0 aromatic heterocycles. The number of hydrogen-bond acceptors (Lipinski definition) is 6. The van der Waals surface area contributed by atoms with Gasteiger partial charge in [-0.3, -0.25) is 24.1 Å². The molecule has 39 heavy (non-hydrogen) atoms. The number of ether oxygens (including phenoxy) is 1. The largest absolute Gasteiger partial charge is 0.444 e. The van der Waals surface area contributed by atoms with Crippen molar-refractivity contribution >= 4 is 29.7 Å². The lowest BCUT2D eigenvalue weighted by molar-refractivity contribution is -0.136. The van der Waals surface area contributed by atoms with Crippen LogP contribution in [0.2, 0.25) is 0 Å². The van der Waals surface area contributed by atoms with Crippen LogP contribution in [-0.4, -0.2) is 88.8 Å². The van der Waals surface area contributed by atoms with Gasteiger partial charge in [0.1, 0.15) is 18.2 Å². The zero-order valence-corrected chi connectivity index (χ0v) is 22.5. The molecule has 0 radical (unpaired) electrons. The van der Waals surface area contributed by atoms with Crippen LogP contribution in [0.1, 0.15) is 53.5 Å². The zero-order valence-electron chi connectivity index (χ0n) is 22.5. The molecule has 1 N–H and O–H groups in total. The van der Waals surface area contributed by atoms with Gasteiger partial charge < -0.3 is 19.9 Å². The Morgan fingerprint density at radius 1 is 0.846 bits per heavy atom. The summed E-state index contributed by atoms with van der Waals surface area (Å²) in [5.41, 5.74) is 0.732. The number of benzene rings is 2. The fourth-order valence-corrected chi connectivity index (χ4v) is 4.79. The average Bonchev–Trinajstić information content (AvgIpc) is 3.05. The van der Waals surface area contributed by atoms with Gasteiger partial charge in [-0.2, -0.15) is 0 Å². The van der Waals surface area contributed by atoms with Gasteiger partial charge in [0.05, 0.1) is 11.1 Å². The molecular weight excluding hydrogens is 500 g/mol. The summed E-state index contributed by atoms with van der Waals surface area (Å²) in [7, 11) is 0. The second-order valence-electron chi connectivity index (χ2n) is 10.6. The molecular formula is C29H34N4O6. The second-order valence-corrected chi connectivity index (χ2v) is 10.6. The lowest BCUT2D eigenvalue weighted by atomic mass is 10.0. The summed E-state index contributed by atoms with van der Waals surface area (Å²) in [5, 5.41) is 2.48. The SMILES string of the molecule is CC(C)(C)OC(=O)NCC(=O)N1CCCN(C(=O)C(Cc2ccccc2)N2C(=O)c3ccccc3C2=O)CC1. The highest BCUT2D eigenvalue weighted by Gasteiger charge is 2.44. The molecule has 2 aromatic rings. The van der Waals surface area contributed by atoms with Crippen LogP contribution in [0.25, 0.3) is 0 Å². The van der Waals surface area contributed by atoms with Crippen molar-refractivity contribution in [1.82, 2.24) is 20.0 Å². The maximum atomic E-state index is 13.9. The maximum absolute atomic E-state index is 13.9. The van der Waals surface area contributed by atoms with E-state index in [1.807, 2.05) is 30.3 Å². The second kappa shape index (κ2) is 11.7. The fourth-order valence-electron chi connectivity index (χ4n) is 4.79. The van der Waals surface area contributed by atoms with E-state index in [-0.39, 0.29) is 37.9 Å². The third kappa shape index (κ3) is 6.63. The highest BCUT2D eigenvalue weighted by Crippen LogP contribution is 2.27. The normalized spacial score (nSPS) is 16.4. The first-order chi connectivity index (χ1) is 18.5. The van der Waals surface area contributed by atoms with Crippen LogP contribution in [0, 0.1) is 0 Å². The number of fused-ring (bicyclic) bond motifs is 1. The standard InChI is InChI=1S/C29H34N4O6/c1-29(2,3)39-28(38)30-19-24(34)31-14-9-15-32(17-16-31)27(37)23(18-20-10-5-4-6-11-20)33-25(35)21-12-7-8-13-22(21)26(33)36/h4-8,10-13,23H,9,14-19H2,1-3H3,(H,30,38). The first kappa shape index (κ1) is 27.8. The quantitative estimate of drug-likeness (QED) is 0.570. The minimum Gasteiger partial charge on any atom is -0.444 e. The summed E-state index contributed by atoms with van der Waals surface area (Å²) in [4.78, 5) is 69.5. The lowest BCUT2D eigenvalue weighted by Crippen LogP contribution is -2.53. The number of carbonyl (C=O) groups is 5. The van der Waals surface area contributed by atoms with Crippen molar-refractivity contribution in [2.75, 3.05) is 32.7 Å². The number of alkyl carbamates (subject to hydrolysis) is 1. The fraction of sp³-hybridized carbons (Fsp3) is 0.414. The van der Waals surface area contributed by atoms with Gasteiger partial charge in [0, 0.05) is 32.6 Å². The Morgan fingerprint density at radius 3 is 2.03 bits per heavy atom. The summed E-state index contributed by atoms with van der Waals surface area (Å²) >= 11 is 0. The molecule has 1 atom stereocenters. The van der Waals surface area contributed by atoms with Crippen LogP contribution in [0.3, 0.4) is 0 Å². The van der Waals surface area contributed by atoms with E-state index in [1.165, 1.54) is 0 Å². The van der Waals surface area contributed by atoms with E-state index in [4.69, 9.17) is 4.74 Å². The van der Waals surface area contributed by atoms with Crippen molar-refractivity contribution in [3.05, 3.63) is 71.3 Å². The molecule has 1 fully saturated rings. The lowest BCUT2D eigenvalue weighted by Gasteiger charge is -2.31. The summed E-state index contributed by atoms with van der Waals surface area (Å²) in [6.07, 6.45) is 0.0287. The number of carbonyl (C=O) groups excluding carboxylic acids is 5. The van der Waals surface area contributed by atoms with Crippen LogP contribution in [-0.2, 0) is 20.7 Å². The molecule has 2 aliphatic heterocycles. The number of amides is 5. The summed E-state index contributed by atoms with van der Waals surface area (Å²) in [5.74, 6) is -1.58. The van der Waals surface area contributed by atoms with E-state index < -0.39 is 29.6 Å². The third-order valence-electron chi connectivity index (χ3n) is 6.64. The van der Waals surface area contributed by atoms with Gasteiger partial charge in [-0.1, -0.05) is 42.5 Å². The van der Waals surface area contributed by atoms with E-state index in [9.17, 15) is 24.0 Å². The Labute approximate surface area is 227 Å². The molecule has 2 heterocycles. The first-order valence-electron chi connectivity index (χ1n) is 13.1. The zero-order chi connectivity index (χ0) is 28.2. The summed E-state index contributed by atoms with van der Waals surface area (Å²) < 4.78 is 5.18. The summed E-state index contributed by atoms with van der Waals surface area (Å²) in [6.45, 7) is 6.29. The van der Waals surface area contributed by atoms with Crippen molar-refractivity contribution in [2.24, 2.45) is 0 Å². The summed E-state index contributed by atoms with van der Waals surface area (Å²) in [6, 6.07) is 14.8. The van der Waals surface area contributed by atoms with Crippen LogP contribution in [0.15, 0.2) is 54.6 Å². The van der Waals surface area contributed by atoms with Gasteiger partial charge in [-0.15, -0.1) is 0 Å². The molecule has 5 amide bonds. The molecule has 1 saturated heterocycles. The Bertz CT molecular complexity index is 1220. The minimum atomic E-state index is -1.02. The third-order valence-corrected chi connectivity index (χ3v) is 6.64. The van der Waals surface area contributed by atoms with E-state index in [0.29, 0.717) is 30.6 Å². The highest BCUT2D eigenvalue weighted by molar-refractivity contribution is 6.22. The van der Waals surface area contributed by atoms with Gasteiger partial charge in [0.25, 0.3) is 11.8 Å². The molecule has 2 aliphatic rings. The Kier molecular flexibility index (Phi) is 8.32. The Morgan fingerprint density at radius 2 is 1.41 bits per heavy atom. The van der Waals surface area contributed by atoms with Gasteiger partial charge in [-0.05, 0) is 44.9 Å². The van der Waals surface area contributed by atoms with E-state index >= 15 is 0 Å². The maximum Gasteiger partial charge on any atom is 0.408 e. The number of nitrogens with one attached hydrogen (secondary N) is 1. The van der Waals surface area contributed by atoms with E-state index in [0.717, 1.165) is 10.5 Å². The van der Waals surface area contributed by atoms with Crippen LogP contribution in [0.5, 0.6) is 0 Å². The molecule has 10 nitrogen and oxygen atoms in total. The van der Waals surface area contributed by atoms with Gasteiger partial charge in [0.2, 0.25) is 11.8 Å². The van der Waals surface area contributed by atoms with Gasteiger partial charge in [-0.25, -0.2) is 4.79 Å². The number of imide groups is 1. The predicted molar refractivity (Wildman–Crippen MR) is 143 cm³/mol. The first-order valence-corrected chi connectivity index (χ1v) is 13.1. The van der Waals surface area contributed by atoms with Crippen molar-refractivity contribution in [2.45, 2.75) is 45.3 Å². The number of nitrogens with zero attached hydrogens (tertiary/aromatic N) is 3. The van der Waals surface area contributed by atoms with Crippen molar-refractivity contribution in [3.8, 4) is 0 Å². The number of hydrogen-bond donors (Lipinski definition) is 1. The molecule has 206 valence electrons. The molecule has 4 rings (SSSR count). The highest BCUT2D eigenvalue weighted by atomic mass is 16.6. The van der Waals surface area contributed by atoms with Gasteiger partial charge >= 0.3 is 6.09 Å². The monoisotopic (exact) mass is 534 g/mol. The topological polar surface area (TPSA) is 116 Å². The van der Waals surface area contributed by atoms with Crippen LogP contribution < -0.4 is 5.32 Å². The Hall–Kier alpha value is -4.21. The average molecular weight is 535 g/mol. The van der Waals surface area contributed by atoms with Crippen molar-refractivity contribution < 1.29 is 28.7 Å². The van der Waals surface area contributed by atoms with Crippen LogP contribution in [0.4, 0.5) is 4.79 Å². The van der Waals surface area contributed by atoms with Gasteiger partial charge in [0.15, 0.2) is 0 Å². The van der Waals surface area contributed by atoms with Crippen LogP contribution >= 0.6 is 0 Å². The molecule has 2 aromatic carbocycles. The molecule has 0 spiro atoms. The predicted octanol–water partition coefficient (Wildman–Crippen LogP) is 2.48. The Balaban J connectivity index is 1.46. The van der Waals surface area contributed by atoms with E-state index in [1.54, 1.807) is 54.8 Å².